The van der Waals surface area contributed by atoms with E-state index in [-0.39, 0.29) is 12.5 Å². The summed E-state index contributed by atoms with van der Waals surface area (Å²) in [5.41, 5.74) is 0.408. The van der Waals surface area contributed by atoms with Crippen LogP contribution in [0.3, 0.4) is 0 Å². The van der Waals surface area contributed by atoms with Crippen LogP contribution < -0.4 is 4.74 Å². The van der Waals surface area contributed by atoms with Crippen LogP contribution in [0.4, 0.5) is 0 Å². The number of nitriles is 1. The Morgan fingerprint density at radius 2 is 2.19 bits per heavy atom. The van der Waals surface area contributed by atoms with E-state index in [2.05, 4.69) is 0 Å². The summed E-state index contributed by atoms with van der Waals surface area (Å²) in [5.74, 6) is 0.758. The van der Waals surface area contributed by atoms with Crippen LogP contribution in [0.2, 0.25) is 0 Å². The van der Waals surface area contributed by atoms with Gasteiger partial charge in [-0.15, -0.1) is 0 Å². The lowest BCUT2D eigenvalue weighted by Gasteiger charge is -2.37. The molecule has 2 rings (SSSR count). The minimum absolute atomic E-state index is 0.110. The van der Waals surface area contributed by atoms with Gasteiger partial charge in [-0.05, 0) is 26.0 Å². The molecular weight excluding hydrogens is 288 g/mol. The number of hydrogen-bond donors (Lipinski definition) is 0. The van der Waals surface area contributed by atoms with Crippen molar-refractivity contribution >= 4 is 16.7 Å². The third-order valence-corrected chi connectivity index (χ3v) is 5.36. The molecule has 21 heavy (non-hydrogen) atoms. The van der Waals surface area contributed by atoms with Gasteiger partial charge in [0.25, 0.3) is 5.91 Å². The maximum Gasteiger partial charge on any atom is 0.260 e. The Morgan fingerprint density at radius 3 is 2.86 bits per heavy atom. The number of carbonyl (C=O) groups is 1. The predicted octanol–water partition coefficient (Wildman–Crippen LogP) is 1.31. The quantitative estimate of drug-likeness (QED) is 0.844. The summed E-state index contributed by atoms with van der Waals surface area (Å²) >= 11 is 0. The molecule has 0 aliphatic carbocycles. The third-order valence-electron chi connectivity index (χ3n) is 3.45. The molecule has 0 spiro atoms. The maximum atomic E-state index is 12.2. The fourth-order valence-electron chi connectivity index (χ4n) is 2.21. The lowest BCUT2D eigenvalue weighted by molar-refractivity contribution is -0.133. The van der Waals surface area contributed by atoms with Crippen molar-refractivity contribution in [2.45, 2.75) is 18.6 Å². The summed E-state index contributed by atoms with van der Waals surface area (Å²) in [4.78, 5) is 13.9. The van der Waals surface area contributed by atoms with Gasteiger partial charge in [-0.25, -0.2) is 0 Å². The van der Waals surface area contributed by atoms with Crippen LogP contribution >= 0.6 is 0 Å². The molecule has 0 unspecified atom stereocenters. The first kappa shape index (κ1) is 15.5. The summed E-state index contributed by atoms with van der Waals surface area (Å²) in [6, 6.07) is 8.84. The molecule has 1 atom stereocenters. The van der Waals surface area contributed by atoms with Gasteiger partial charge in [0, 0.05) is 29.6 Å². The highest BCUT2D eigenvalue weighted by atomic mass is 32.2. The molecular formula is C15H18N2O3S. The van der Waals surface area contributed by atoms with Gasteiger partial charge in [-0.2, -0.15) is 5.26 Å². The van der Waals surface area contributed by atoms with Crippen LogP contribution in [-0.2, 0) is 15.6 Å². The standard InChI is InChI=1S/C15H18N2O3S/c1-15(2)11-17(7-8-21(15)19)14(18)10-20-13-6-4-3-5-12(13)9-16/h3-6H,7-8,10-11H2,1-2H3/t21-/m0/s1. The van der Waals surface area contributed by atoms with Crippen molar-refractivity contribution in [3.63, 3.8) is 0 Å². The molecule has 0 aromatic heterocycles. The highest BCUT2D eigenvalue weighted by Gasteiger charge is 2.35. The van der Waals surface area contributed by atoms with Crippen molar-refractivity contribution in [3.05, 3.63) is 29.8 Å². The van der Waals surface area contributed by atoms with E-state index in [4.69, 9.17) is 10.00 Å². The Hall–Kier alpha value is -1.87. The Kier molecular flexibility index (Phi) is 4.63. The smallest absolute Gasteiger partial charge is 0.260 e. The van der Waals surface area contributed by atoms with E-state index in [1.54, 1.807) is 29.2 Å². The molecule has 0 saturated carbocycles. The van der Waals surface area contributed by atoms with Crippen LogP contribution in [0, 0.1) is 11.3 Å². The first-order valence-corrected chi connectivity index (χ1v) is 8.04. The Labute approximate surface area is 127 Å². The first-order valence-electron chi connectivity index (χ1n) is 6.72. The van der Waals surface area contributed by atoms with Crippen molar-refractivity contribution in [1.29, 1.82) is 5.26 Å². The summed E-state index contributed by atoms with van der Waals surface area (Å²) < 4.78 is 16.9. The average Bonchev–Trinajstić information content (AvgIpc) is 2.47. The molecule has 1 fully saturated rings. The zero-order valence-corrected chi connectivity index (χ0v) is 13.0. The van der Waals surface area contributed by atoms with Gasteiger partial charge in [0.2, 0.25) is 0 Å². The largest absolute Gasteiger partial charge is 0.482 e. The predicted molar refractivity (Wildman–Crippen MR) is 80.3 cm³/mol. The summed E-state index contributed by atoms with van der Waals surface area (Å²) in [7, 11) is -0.911. The SMILES string of the molecule is CC1(C)CN(C(=O)COc2ccccc2C#N)CC[S@@]1=O. The van der Waals surface area contributed by atoms with Crippen molar-refractivity contribution in [2.75, 3.05) is 25.4 Å². The number of carbonyl (C=O) groups excluding carboxylic acids is 1. The third kappa shape index (κ3) is 3.61. The normalized spacial score (nSPS) is 20.6. The fourth-order valence-corrected chi connectivity index (χ4v) is 3.45. The molecule has 1 aromatic carbocycles. The second-order valence-corrected chi connectivity index (χ2v) is 7.73. The maximum absolute atomic E-state index is 12.2. The van der Waals surface area contributed by atoms with Gasteiger partial charge in [0.05, 0.1) is 10.3 Å². The van der Waals surface area contributed by atoms with Crippen molar-refractivity contribution in [2.24, 2.45) is 0 Å². The highest BCUT2D eigenvalue weighted by molar-refractivity contribution is 7.86. The molecule has 5 nitrogen and oxygen atoms in total. The van der Waals surface area contributed by atoms with E-state index in [1.165, 1.54) is 0 Å². The minimum atomic E-state index is -0.911. The van der Waals surface area contributed by atoms with Crippen molar-refractivity contribution < 1.29 is 13.7 Å². The molecule has 1 saturated heterocycles. The van der Waals surface area contributed by atoms with Gasteiger partial charge in [-0.1, -0.05) is 12.1 Å². The summed E-state index contributed by atoms with van der Waals surface area (Å²) in [5, 5.41) is 8.97. The molecule has 0 bridgehead atoms. The van der Waals surface area contributed by atoms with Gasteiger partial charge in [0.1, 0.15) is 11.8 Å². The Morgan fingerprint density at radius 1 is 1.48 bits per heavy atom. The number of benzene rings is 1. The Bertz CT molecular complexity index is 607. The molecule has 0 radical (unpaired) electrons. The van der Waals surface area contributed by atoms with Crippen LogP contribution in [-0.4, -0.2) is 45.2 Å². The Balaban J connectivity index is 1.97. The topological polar surface area (TPSA) is 70.4 Å². The van der Waals surface area contributed by atoms with E-state index in [9.17, 15) is 9.00 Å². The van der Waals surface area contributed by atoms with Crippen LogP contribution in [0.15, 0.2) is 24.3 Å². The molecule has 1 heterocycles. The average molecular weight is 306 g/mol. The first-order chi connectivity index (χ1) is 9.94. The van der Waals surface area contributed by atoms with Gasteiger partial charge in [-0.3, -0.25) is 9.00 Å². The molecule has 1 aliphatic rings. The summed E-state index contributed by atoms with van der Waals surface area (Å²) in [6.45, 7) is 4.63. The highest BCUT2D eigenvalue weighted by Crippen LogP contribution is 2.21. The molecule has 112 valence electrons. The van der Waals surface area contributed by atoms with Gasteiger partial charge >= 0.3 is 0 Å². The molecule has 0 N–H and O–H groups in total. The van der Waals surface area contributed by atoms with E-state index in [0.29, 0.717) is 30.2 Å². The van der Waals surface area contributed by atoms with E-state index >= 15 is 0 Å². The second kappa shape index (κ2) is 6.27. The monoisotopic (exact) mass is 306 g/mol. The molecule has 1 amide bonds. The second-order valence-electron chi connectivity index (χ2n) is 5.52. The number of ether oxygens (including phenoxy) is 1. The lowest BCUT2D eigenvalue weighted by Crippen LogP contribution is -2.53. The number of nitrogens with zero attached hydrogens (tertiary/aromatic N) is 2. The molecule has 1 aromatic rings. The fraction of sp³-hybridized carbons (Fsp3) is 0.467. The zero-order valence-electron chi connectivity index (χ0n) is 12.2. The van der Waals surface area contributed by atoms with Crippen molar-refractivity contribution in [1.82, 2.24) is 4.90 Å². The number of hydrogen-bond acceptors (Lipinski definition) is 4. The number of amides is 1. The minimum Gasteiger partial charge on any atom is -0.482 e. The van der Waals surface area contributed by atoms with E-state index < -0.39 is 15.5 Å². The van der Waals surface area contributed by atoms with Crippen LogP contribution in [0.5, 0.6) is 5.75 Å². The van der Waals surface area contributed by atoms with E-state index in [1.807, 2.05) is 19.9 Å². The summed E-state index contributed by atoms with van der Waals surface area (Å²) in [6.07, 6.45) is 0. The number of rotatable bonds is 3. The van der Waals surface area contributed by atoms with Crippen LogP contribution in [0.1, 0.15) is 19.4 Å². The van der Waals surface area contributed by atoms with Crippen molar-refractivity contribution in [3.8, 4) is 11.8 Å². The van der Waals surface area contributed by atoms with Gasteiger partial charge in [0.15, 0.2) is 6.61 Å². The number of para-hydroxylation sites is 1. The molecule has 6 heteroatoms. The molecule has 1 aliphatic heterocycles. The van der Waals surface area contributed by atoms with Gasteiger partial charge < -0.3 is 9.64 Å². The lowest BCUT2D eigenvalue weighted by atomic mass is 10.2. The zero-order chi connectivity index (χ0) is 15.5. The van der Waals surface area contributed by atoms with Crippen LogP contribution in [0.25, 0.3) is 0 Å². The van der Waals surface area contributed by atoms with E-state index in [0.717, 1.165) is 0 Å².